The molecule has 34 heavy (non-hydrogen) atoms. The fourth-order valence-corrected chi connectivity index (χ4v) is 3.37. The Balaban J connectivity index is 1.67. The fraction of sp³-hybridized carbons (Fsp3) is 0.0769. The van der Waals surface area contributed by atoms with Crippen molar-refractivity contribution < 1.29 is 19.1 Å². The van der Waals surface area contributed by atoms with E-state index in [1.165, 1.54) is 0 Å². The van der Waals surface area contributed by atoms with Crippen molar-refractivity contribution >= 4 is 11.9 Å². The zero-order valence-electron chi connectivity index (χ0n) is 17.8. The molecule has 0 spiro atoms. The van der Waals surface area contributed by atoms with E-state index in [0.717, 1.165) is 17.3 Å². The van der Waals surface area contributed by atoms with Crippen LogP contribution in [-0.2, 0) is 14.3 Å². The quantitative estimate of drug-likeness (QED) is 0.412. The largest absolute Gasteiger partial charge is 0.450 e. The van der Waals surface area contributed by atoms with Crippen LogP contribution in [0.1, 0.15) is 39.3 Å². The Hall–Kier alpha value is -4.72. The van der Waals surface area contributed by atoms with E-state index in [1.807, 2.05) is 65.6 Å². The van der Waals surface area contributed by atoms with Gasteiger partial charge in [0, 0.05) is 11.8 Å². The lowest BCUT2D eigenvalue weighted by atomic mass is 10.0. The molecule has 8 nitrogen and oxygen atoms in total. The molecule has 0 saturated carbocycles. The lowest BCUT2D eigenvalue weighted by Crippen LogP contribution is -2.30. The summed E-state index contributed by atoms with van der Waals surface area (Å²) in [6.07, 6.45) is -1.26. The van der Waals surface area contributed by atoms with Crippen molar-refractivity contribution in [1.29, 1.82) is 0 Å². The molecule has 3 aromatic carbocycles. The maximum absolute atomic E-state index is 13.4. The number of H-pyrrole nitrogens is 2. The number of benzene rings is 3. The number of rotatable bonds is 7. The Kier molecular flexibility index (Phi) is 6.78. The van der Waals surface area contributed by atoms with Crippen molar-refractivity contribution in [2.24, 2.45) is 0 Å². The smallest absolute Gasteiger partial charge is 0.353 e. The van der Waals surface area contributed by atoms with Crippen molar-refractivity contribution in [3.05, 3.63) is 140 Å². The first kappa shape index (κ1) is 22.5. The van der Waals surface area contributed by atoms with Crippen molar-refractivity contribution in [3.8, 4) is 0 Å². The van der Waals surface area contributed by atoms with E-state index >= 15 is 0 Å². The maximum atomic E-state index is 13.4. The molecule has 1 unspecified atom stereocenters. The molecule has 8 heteroatoms. The van der Waals surface area contributed by atoms with E-state index in [-0.39, 0.29) is 0 Å². The standard InChI is InChI=1S/C26H20N2O6/c29-23-20(16-27-26(32)28-23)24(30)34-22(19-14-8-3-9-15-19)25(31)33-21(17-10-4-1-5-11-17)18-12-6-2-7-13-18/h1-16,21-22H,(H2,27,28,29,32). The molecule has 0 fully saturated rings. The van der Waals surface area contributed by atoms with Crippen molar-refractivity contribution in [3.63, 3.8) is 0 Å². The summed E-state index contributed by atoms with van der Waals surface area (Å²) >= 11 is 0. The lowest BCUT2D eigenvalue weighted by molar-refractivity contribution is -0.158. The third-order valence-corrected chi connectivity index (χ3v) is 5.02. The highest BCUT2D eigenvalue weighted by Gasteiger charge is 2.31. The van der Waals surface area contributed by atoms with Crippen LogP contribution in [0.3, 0.4) is 0 Å². The normalized spacial score (nSPS) is 11.6. The monoisotopic (exact) mass is 456 g/mol. The van der Waals surface area contributed by atoms with Crippen LogP contribution < -0.4 is 11.2 Å². The van der Waals surface area contributed by atoms with Crippen molar-refractivity contribution in [1.82, 2.24) is 9.97 Å². The molecule has 0 radical (unpaired) electrons. The van der Waals surface area contributed by atoms with Gasteiger partial charge in [0.05, 0.1) is 0 Å². The highest BCUT2D eigenvalue weighted by atomic mass is 16.6. The van der Waals surface area contributed by atoms with Gasteiger partial charge in [-0.1, -0.05) is 91.0 Å². The molecule has 1 heterocycles. The summed E-state index contributed by atoms with van der Waals surface area (Å²) in [4.78, 5) is 53.5. The van der Waals surface area contributed by atoms with Crippen LogP contribution in [0.2, 0.25) is 0 Å². The molecule has 4 rings (SSSR count). The van der Waals surface area contributed by atoms with E-state index in [1.54, 1.807) is 30.3 Å². The predicted molar refractivity (Wildman–Crippen MR) is 123 cm³/mol. The number of carbonyl (C=O) groups is 2. The molecule has 1 atom stereocenters. The molecule has 0 saturated heterocycles. The Morgan fingerprint density at radius 2 is 1.18 bits per heavy atom. The van der Waals surface area contributed by atoms with Crippen LogP contribution in [0, 0.1) is 0 Å². The van der Waals surface area contributed by atoms with Gasteiger partial charge < -0.3 is 14.5 Å². The van der Waals surface area contributed by atoms with E-state index in [4.69, 9.17) is 9.47 Å². The number of ether oxygens (including phenoxy) is 2. The van der Waals surface area contributed by atoms with Crippen LogP contribution in [0.25, 0.3) is 0 Å². The molecule has 4 aromatic rings. The van der Waals surface area contributed by atoms with E-state index in [2.05, 4.69) is 4.98 Å². The average Bonchev–Trinajstić information content (AvgIpc) is 2.87. The zero-order chi connectivity index (χ0) is 23.9. The third kappa shape index (κ3) is 5.18. The van der Waals surface area contributed by atoms with Crippen LogP contribution in [-0.4, -0.2) is 21.9 Å². The third-order valence-electron chi connectivity index (χ3n) is 5.02. The molecule has 1 aromatic heterocycles. The Morgan fingerprint density at radius 3 is 1.68 bits per heavy atom. The molecule has 0 aliphatic rings. The van der Waals surface area contributed by atoms with Gasteiger partial charge in [-0.2, -0.15) is 0 Å². The van der Waals surface area contributed by atoms with Gasteiger partial charge in [-0.25, -0.2) is 14.4 Å². The van der Waals surface area contributed by atoms with Gasteiger partial charge >= 0.3 is 17.6 Å². The first-order valence-electron chi connectivity index (χ1n) is 10.4. The van der Waals surface area contributed by atoms with E-state index in [0.29, 0.717) is 5.56 Å². The predicted octanol–water partition coefficient (Wildman–Crippen LogP) is 3.29. The number of esters is 2. The molecule has 170 valence electrons. The van der Waals surface area contributed by atoms with Crippen LogP contribution >= 0.6 is 0 Å². The van der Waals surface area contributed by atoms with Crippen LogP contribution in [0.15, 0.2) is 107 Å². The highest BCUT2D eigenvalue weighted by molar-refractivity contribution is 5.91. The van der Waals surface area contributed by atoms with E-state index < -0.39 is 41.0 Å². The minimum atomic E-state index is -1.45. The summed E-state index contributed by atoms with van der Waals surface area (Å²) in [5, 5.41) is 0. The van der Waals surface area contributed by atoms with Crippen LogP contribution in [0.4, 0.5) is 0 Å². The van der Waals surface area contributed by atoms with Crippen molar-refractivity contribution in [2.75, 3.05) is 0 Å². The molecular weight excluding hydrogens is 436 g/mol. The molecule has 0 amide bonds. The topological polar surface area (TPSA) is 118 Å². The first-order valence-corrected chi connectivity index (χ1v) is 10.4. The summed E-state index contributed by atoms with van der Waals surface area (Å²) in [6.45, 7) is 0. The van der Waals surface area contributed by atoms with Gasteiger partial charge in [-0.3, -0.25) is 9.78 Å². The van der Waals surface area contributed by atoms with Gasteiger partial charge in [-0.15, -0.1) is 0 Å². The van der Waals surface area contributed by atoms with Gasteiger partial charge in [0.15, 0.2) is 6.10 Å². The Labute approximate surface area is 193 Å². The van der Waals surface area contributed by atoms with Gasteiger partial charge in [-0.05, 0) is 11.1 Å². The summed E-state index contributed by atoms with van der Waals surface area (Å²) in [7, 11) is 0. The summed E-state index contributed by atoms with van der Waals surface area (Å²) < 4.78 is 11.3. The molecular formula is C26H20N2O6. The second-order valence-corrected chi connectivity index (χ2v) is 7.32. The average molecular weight is 456 g/mol. The second kappa shape index (κ2) is 10.3. The van der Waals surface area contributed by atoms with Crippen LogP contribution in [0.5, 0.6) is 0 Å². The Morgan fingerprint density at radius 1 is 0.676 bits per heavy atom. The summed E-state index contributed by atoms with van der Waals surface area (Å²) in [6, 6.07) is 26.7. The summed E-state index contributed by atoms with van der Waals surface area (Å²) in [5.74, 6) is -1.91. The minimum Gasteiger partial charge on any atom is -0.450 e. The number of aromatic amines is 2. The number of hydrogen-bond donors (Lipinski definition) is 2. The first-order chi connectivity index (χ1) is 16.5. The molecule has 0 bridgehead atoms. The SMILES string of the molecule is O=C(OC(C(=O)OC(c1ccccc1)c1ccccc1)c1ccccc1)c1c[nH]c(=O)[nH]c1=O. The second-order valence-electron chi connectivity index (χ2n) is 7.32. The van der Waals surface area contributed by atoms with E-state index in [9.17, 15) is 19.2 Å². The minimum absolute atomic E-state index is 0.363. The van der Waals surface area contributed by atoms with Gasteiger partial charge in [0.2, 0.25) is 6.10 Å². The maximum Gasteiger partial charge on any atom is 0.353 e. The summed E-state index contributed by atoms with van der Waals surface area (Å²) in [5.41, 5.74) is -0.318. The molecule has 2 N–H and O–H groups in total. The molecule has 0 aliphatic heterocycles. The number of nitrogens with one attached hydrogen (secondary N) is 2. The number of carbonyl (C=O) groups excluding carboxylic acids is 2. The number of aromatic nitrogens is 2. The van der Waals surface area contributed by atoms with Crippen molar-refractivity contribution in [2.45, 2.75) is 12.2 Å². The fourth-order valence-electron chi connectivity index (χ4n) is 3.37. The lowest BCUT2D eigenvalue weighted by Gasteiger charge is -2.23. The highest BCUT2D eigenvalue weighted by Crippen LogP contribution is 2.29. The zero-order valence-corrected chi connectivity index (χ0v) is 17.8. The van der Waals surface area contributed by atoms with Gasteiger partial charge in [0.1, 0.15) is 5.56 Å². The van der Waals surface area contributed by atoms with Gasteiger partial charge in [0.25, 0.3) is 5.56 Å². The Bertz CT molecular complexity index is 1340. The molecule has 0 aliphatic carbocycles. The number of hydrogen-bond acceptors (Lipinski definition) is 6.